The van der Waals surface area contributed by atoms with Crippen molar-refractivity contribution in [3.8, 4) is 73.0 Å². The van der Waals surface area contributed by atoms with Crippen molar-refractivity contribution in [2.24, 2.45) is 7.05 Å². The van der Waals surface area contributed by atoms with Crippen molar-refractivity contribution in [2.75, 3.05) is 96.9 Å². The number of anilines is 12. The number of amides is 8. The number of nitrogens with zero attached hydrogens (tertiary/aromatic N) is 5. The molecular weight excluding hydrogens is 1830 g/mol. The predicted octanol–water partition coefficient (Wildman–Crippen LogP) is 21.5. The molecule has 30 heteroatoms. The minimum Gasteiger partial charge on any atom is -0.496 e. The first-order chi connectivity index (χ1) is 69.1. The van der Waals surface area contributed by atoms with E-state index in [1.807, 2.05) is 315 Å². The monoisotopic (exact) mass is 1950 g/mol. The molecule has 0 aliphatic carbocycles. The fourth-order valence-electron chi connectivity index (χ4n) is 19.4. The lowest BCUT2D eigenvalue weighted by Crippen LogP contribution is -2.33. The molecule has 0 radical (unpaired) electrons. The minimum atomic E-state index is -3.27. The molecule has 740 valence electrons. The first-order valence-electron chi connectivity index (χ1n) is 48.6. The maximum absolute atomic E-state index is 12.6. The number of likely N-dealkylation sites (tertiary alicyclic amines) is 1. The standard InChI is InChI=1S/2C21H23N3O2.C20H21N3O3S.C18H20N2O2.C17H15N3O2.C17H18N2O2/c1-12-10-18(25)23-16-7-5-6-14(19(16)22-12)13-8-9-17-15(11-13)21(2,3)20(26)24(17)4;1-14-13-19(25)23-18-6-4-5-17(20(18)22-14)15-7-9-16(10-8-15)21(26)24-11-2-3-12-24;1-12-9-19(24)22-16-6-4-5-15(20(16)21-12)18-10-13-7-8-14(27(3,25)26)11-17(13)23(18)2;1-12-10-18(21)20-16-9-8-15(11-17(16)19-12)22-13(2)14-6-4-3-5-7-14;1-11-9-16(21)19-14-4-2-3-13(17(14)22-11)12-5-6-15-18-7-8-20(15)10-12;1-11-10-16(20)19-14-8-5-7-13(17(14)18-11)12-6-3-4-9-15(12)21-2/h5-9,11-12,22H,10H2,1-4H3,(H,23,25);4-10,14,22H,2-3,11-13H2,1H3,(H,23,25);4-8,10-12,21H,9H2,1-3H3,(H,22,24);3-9,11-13,19H,10H2,1-2H3,(H,20,21);2-8,10-11H,9H2,1H3,(H,19,21);3-9,11,18H,10H2,1-2H3,(H,19,20)/t12-;14-;12-;12-,13?;2*11-/m111111/s1. The van der Waals surface area contributed by atoms with Crippen molar-refractivity contribution in [1.29, 1.82) is 0 Å². The van der Waals surface area contributed by atoms with Crippen LogP contribution in [0.4, 0.5) is 68.2 Å². The summed E-state index contributed by atoms with van der Waals surface area (Å²) in [6.07, 6.45) is 11.5. The Hall–Kier alpha value is -16.2. The van der Waals surface area contributed by atoms with E-state index >= 15 is 0 Å². The fraction of sp³-hybridized carbons (Fsp3) is 0.272. The van der Waals surface area contributed by atoms with Gasteiger partial charge in [-0.3, -0.25) is 38.4 Å². The number of pyridine rings is 1. The highest BCUT2D eigenvalue weighted by atomic mass is 32.2. The number of carbonyl (C=O) groups is 8. The van der Waals surface area contributed by atoms with Gasteiger partial charge in [0.15, 0.2) is 15.6 Å². The predicted molar refractivity (Wildman–Crippen MR) is 573 cm³/mol. The molecule has 3 aromatic heterocycles. The lowest BCUT2D eigenvalue weighted by atomic mass is 9.84. The first kappa shape index (κ1) is 99.3. The third-order valence-electron chi connectivity index (χ3n) is 26.5. The Balaban J connectivity index is 0.000000119. The zero-order valence-corrected chi connectivity index (χ0v) is 83.7. The molecule has 11 aromatic carbocycles. The second-order valence-electron chi connectivity index (χ2n) is 38.3. The van der Waals surface area contributed by atoms with Gasteiger partial charge < -0.3 is 91.5 Å². The van der Waals surface area contributed by atoms with Crippen LogP contribution in [0.5, 0.6) is 17.2 Å². The van der Waals surface area contributed by atoms with Crippen molar-refractivity contribution in [1.82, 2.24) is 18.9 Å². The number of aryl methyl sites for hydroxylation is 1. The van der Waals surface area contributed by atoms with Crippen LogP contribution in [0.25, 0.3) is 72.3 Å². The molecule has 22 rings (SSSR count). The highest BCUT2D eigenvalue weighted by Gasteiger charge is 2.43. The van der Waals surface area contributed by atoms with E-state index in [-0.39, 0.29) is 89.7 Å². The molecular formula is C114H120N16O13S. The number of nitrogens with one attached hydrogen (secondary N) is 11. The topological polar surface area (TPSA) is 359 Å². The molecule has 11 heterocycles. The molecule has 11 N–H and O–H groups in total. The minimum absolute atomic E-state index is 0.0129. The Bertz CT molecular complexity index is 7400. The van der Waals surface area contributed by atoms with Crippen LogP contribution in [0.15, 0.2) is 266 Å². The van der Waals surface area contributed by atoms with E-state index in [4.69, 9.17) is 14.2 Å². The van der Waals surface area contributed by atoms with E-state index in [0.717, 1.165) is 200 Å². The number of hydrogen-bond donors (Lipinski definition) is 11. The van der Waals surface area contributed by atoms with Crippen molar-refractivity contribution in [2.45, 2.75) is 166 Å². The van der Waals surface area contributed by atoms with Gasteiger partial charge in [0.2, 0.25) is 41.4 Å². The summed E-state index contributed by atoms with van der Waals surface area (Å²) in [5, 5.41) is 35.8. The number of methoxy groups -OCH3 is 1. The summed E-state index contributed by atoms with van der Waals surface area (Å²) in [6, 6.07) is 78.4. The fourth-order valence-corrected chi connectivity index (χ4v) is 20.0. The maximum Gasteiger partial charge on any atom is 0.253 e. The number of imidazole rings is 1. The summed E-state index contributed by atoms with van der Waals surface area (Å²) in [7, 11) is 2.13. The SMILES string of the molecule is CC(Oc1ccc2c(c1)N[C@H](C)CC(=O)N2)c1ccccc1.COc1ccccc1-c1cccc2c1N[C@H](C)CC(=O)N2.C[C@@H]1CC(=O)Nc2cccc(-c3cc4ccc(S(C)(=O)=O)cc4n3C)c2N1.C[C@@H]1CC(=O)Nc2cccc(-c3ccc(C(=O)N4CCCC4)cc3)c2N1.C[C@@H]1CC(=O)Nc2cccc(-c3ccc4c(c3)C(C)(C)C(=O)N4C)c2N1.C[C@@H]1CC(=O)Nc2cccc(-c3ccc4nccn4c3)c2O1. The van der Waals surface area contributed by atoms with Gasteiger partial charge in [-0.15, -0.1) is 0 Å². The number of hydrogen-bond acceptors (Lipinski definition) is 19. The number of rotatable bonds is 11. The number of likely N-dealkylation sites (N-methyl/N-ethyl adjacent to an activating group) is 1. The lowest BCUT2D eigenvalue weighted by Gasteiger charge is -2.19. The van der Waals surface area contributed by atoms with Crippen LogP contribution in [-0.4, -0.2) is 144 Å². The molecule has 14 aromatic rings. The Morgan fingerprint density at radius 2 is 0.951 bits per heavy atom. The largest absolute Gasteiger partial charge is 0.496 e. The van der Waals surface area contributed by atoms with Gasteiger partial charge >= 0.3 is 0 Å². The number of benzene rings is 11. The van der Waals surface area contributed by atoms with Gasteiger partial charge in [-0.25, -0.2) is 13.4 Å². The zero-order chi connectivity index (χ0) is 102. The maximum atomic E-state index is 12.6. The number of ether oxygens (including phenoxy) is 3. The normalized spacial score (nSPS) is 18.5. The summed E-state index contributed by atoms with van der Waals surface area (Å²) in [5.41, 5.74) is 24.4. The van der Waals surface area contributed by atoms with E-state index in [9.17, 15) is 46.8 Å². The molecule has 0 bridgehead atoms. The summed E-state index contributed by atoms with van der Waals surface area (Å²) in [4.78, 5) is 105. The molecule has 1 unspecified atom stereocenters. The van der Waals surface area contributed by atoms with Crippen molar-refractivity contribution in [3.63, 3.8) is 0 Å². The molecule has 29 nitrogen and oxygen atoms in total. The van der Waals surface area contributed by atoms with Gasteiger partial charge in [-0.05, 0) is 201 Å². The third-order valence-corrected chi connectivity index (χ3v) is 27.7. The third kappa shape index (κ3) is 22.4. The average Bonchev–Trinajstić information content (AvgIpc) is 1.59. The van der Waals surface area contributed by atoms with Crippen molar-refractivity contribution < 1.29 is 61.0 Å². The smallest absolute Gasteiger partial charge is 0.253 e. The molecule has 144 heavy (non-hydrogen) atoms. The molecule has 7 atom stereocenters. The van der Waals surface area contributed by atoms with Crippen LogP contribution in [-0.2, 0) is 55.9 Å². The van der Waals surface area contributed by atoms with Crippen molar-refractivity contribution >= 4 is 142 Å². The lowest BCUT2D eigenvalue weighted by molar-refractivity contribution is -0.122. The summed E-state index contributed by atoms with van der Waals surface area (Å²) < 4.78 is 45.2. The van der Waals surface area contributed by atoms with Crippen LogP contribution in [0.2, 0.25) is 0 Å². The number of aromatic nitrogens is 3. The second-order valence-corrected chi connectivity index (χ2v) is 40.3. The Kier molecular flexibility index (Phi) is 29.4. The van der Waals surface area contributed by atoms with Crippen LogP contribution in [0, 0.1) is 0 Å². The number of para-hydroxylation sites is 6. The number of carbonyl (C=O) groups excluding carboxylic acids is 8. The van der Waals surface area contributed by atoms with E-state index in [0.29, 0.717) is 43.4 Å². The summed E-state index contributed by atoms with van der Waals surface area (Å²) >= 11 is 0. The molecule has 0 saturated carbocycles. The molecule has 8 amide bonds. The zero-order valence-electron chi connectivity index (χ0n) is 82.9. The van der Waals surface area contributed by atoms with Crippen LogP contribution in [0.1, 0.15) is 141 Å². The van der Waals surface area contributed by atoms with E-state index in [1.165, 1.54) is 6.26 Å². The van der Waals surface area contributed by atoms with E-state index in [1.54, 1.807) is 30.3 Å². The summed E-state index contributed by atoms with van der Waals surface area (Å²) in [6.45, 7) is 19.6. The molecule has 1 saturated heterocycles. The van der Waals surface area contributed by atoms with Crippen LogP contribution < -0.4 is 77.6 Å². The average molecular weight is 1950 g/mol. The van der Waals surface area contributed by atoms with Gasteiger partial charge in [0.1, 0.15) is 29.4 Å². The van der Waals surface area contributed by atoms with Gasteiger partial charge in [0.05, 0.1) is 92.1 Å². The van der Waals surface area contributed by atoms with Gasteiger partial charge in [-0.1, -0.05) is 133 Å². The molecule has 0 spiro atoms. The van der Waals surface area contributed by atoms with Crippen molar-refractivity contribution in [3.05, 3.63) is 278 Å². The second kappa shape index (κ2) is 42.7. The highest BCUT2D eigenvalue weighted by Crippen LogP contribution is 2.48. The Morgan fingerprint density at radius 1 is 0.465 bits per heavy atom. The highest BCUT2D eigenvalue weighted by molar-refractivity contribution is 7.90. The molecule has 1 fully saturated rings. The Labute approximate surface area is 838 Å². The van der Waals surface area contributed by atoms with E-state index in [2.05, 4.69) is 81.7 Å². The first-order valence-corrected chi connectivity index (χ1v) is 50.5. The van der Waals surface area contributed by atoms with Gasteiger partial charge in [0, 0.05) is 182 Å². The van der Waals surface area contributed by atoms with Gasteiger partial charge in [0.25, 0.3) is 5.91 Å². The number of sulfone groups is 1. The summed E-state index contributed by atoms with van der Waals surface area (Å²) in [5.74, 6) is 2.61. The number of fused-ring (bicyclic) bond motifs is 9. The quantitative estimate of drug-likeness (QED) is 0.0573. The Morgan fingerprint density at radius 3 is 1.53 bits per heavy atom. The van der Waals surface area contributed by atoms with E-state index < -0.39 is 15.3 Å². The molecule has 8 aliphatic rings. The molecule has 8 aliphatic heterocycles. The van der Waals surface area contributed by atoms with Gasteiger partial charge in [-0.2, -0.15) is 0 Å². The van der Waals surface area contributed by atoms with Crippen LogP contribution in [0.3, 0.4) is 0 Å². The van der Waals surface area contributed by atoms with Crippen LogP contribution >= 0.6 is 0 Å².